The van der Waals surface area contributed by atoms with Gasteiger partial charge in [-0.3, -0.25) is 4.79 Å². The van der Waals surface area contributed by atoms with Crippen molar-refractivity contribution in [2.24, 2.45) is 7.05 Å². The largest absolute Gasteiger partial charge is 0.491 e. The van der Waals surface area contributed by atoms with Crippen LogP contribution in [0.25, 0.3) is 11.3 Å². The fourth-order valence-corrected chi connectivity index (χ4v) is 4.62. The third-order valence-electron chi connectivity index (χ3n) is 5.34. The first kappa shape index (κ1) is 22.4. The molecule has 9 heteroatoms. The highest BCUT2D eigenvalue weighted by atomic mass is 35.5. The van der Waals surface area contributed by atoms with Gasteiger partial charge in [0.15, 0.2) is 15.6 Å². The van der Waals surface area contributed by atoms with Crippen molar-refractivity contribution in [1.29, 1.82) is 0 Å². The van der Waals surface area contributed by atoms with Crippen molar-refractivity contribution in [3.05, 3.63) is 63.4 Å². The molecule has 168 valence electrons. The molecule has 0 aliphatic carbocycles. The van der Waals surface area contributed by atoms with Gasteiger partial charge in [-0.05, 0) is 61.2 Å². The number of aromatic nitrogens is 2. The maximum absolute atomic E-state index is 12.6. The zero-order chi connectivity index (χ0) is 22.9. The van der Waals surface area contributed by atoms with Crippen LogP contribution >= 0.6 is 11.6 Å². The molecule has 0 bridgehead atoms. The first-order valence-electron chi connectivity index (χ1n) is 10.3. The van der Waals surface area contributed by atoms with Crippen LogP contribution < -0.4 is 15.0 Å². The number of benzene rings is 2. The van der Waals surface area contributed by atoms with Crippen LogP contribution in [-0.2, 0) is 23.3 Å². The van der Waals surface area contributed by atoms with Crippen molar-refractivity contribution in [3.63, 3.8) is 0 Å². The van der Waals surface area contributed by atoms with E-state index in [0.717, 1.165) is 24.8 Å². The van der Waals surface area contributed by atoms with Crippen LogP contribution in [-0.4, -0.2) is 30.6 Å². The summed E-state index contributed by atoms with van der Waals surface area (Å²) in [6.07, 6.45) is 2.32. The van der Waals surface area contributed by atoms with Crippen molar-refractivity contribution >= 4 is 21.4 Å². The summed E-state index contributed by atoms with van der Waals surface area (Å²) in [6.45, 7) is 1.98. The van der Waals surface area contributed by atoms with Gasteiger partial charge in [0.2, 0.25) is 0 Å². The molecular weight excluding hydrogens is 452 g/mol. The van der Waals surface area contributed by atoms with Gasteiger partial charge in [-0.1, -0.05) is 18.5 Å². The minimum Gasteiger partial charge on any atom is -0.491 e. The lowest BCUT2D eigenvalue weighted by Crippen LogP contribution is -2.20. The second kappa shape index (κ2) is 8.96. The van der Waals surface area contributed by atoms with Gasteiger partial charge < -0.3 is 9.47 Å². The monoisotopic (exact) mass is 474 g/mol. The molecule has 2 aromatic carbocycles. The van der Waals surface area contributed by atoms with Gasteiger partial charge in [0, 0.05) is 23.7 Å². The van der Waals surface area contributed by atoms with E-state index in [0.29, 0.717) is 40.1 Å². The van der Waals surface area contributed by atoms with Gasteiger partial charge >= 0.3 is 0 Å². The zero-order valence-corrected chi connectivity index (χ0v) is 19.4. The number of ether oxygens (including phenoxy) is 2. The summed E-state index contributed by atoms with van der Waals surface area (Å²) in [4.78, 5) is 12.4. The molecule has 0 atom stereocenters. The highest BCUT2D eigenvalue weighted by Crippen LogP contribution is 2.40. The normalized spacial score (nSPS) is 14.0. The Hall–Kier alpha value is -2.84. The van der Waals surface area contributed by atoms with E-state index in [2.05, 4.69) is 5.10 Å². The summed E-state index contributed by atoms with van der Waals surface area (Å²) in [5.74, 6) is 1.29. The van der Waals surface area contributed by atoms with E-state index in [1.807, 2.05) is 6.07 Å². The zero-order valence-electron chi connectivity index (χ0n) is 17.8. The van der Waals surface area contributed by atoms with E-state index < -0.39 is 9.84 Å². The van der Waals surface area contributed by atoms with E-state index in [1.165, 1.54) is 29.9 Å². The molecule has 0 saturated carbocycles. The highest BCUT2D eigenvalue weighted by Gasteiger charge is 2.22. The highest BCUT2D eigenvalue weighted by molar-refractivity contribution is 7.91. The molecule has 0 spiro atoms. The Morgan fingerprint density at radius 2 is 1.84 bits per heavy atom. The van der Waals surface area contributed by atoms with Crippen molar-refractivity contribution in [2.45, 2.75) is 31.1 Å². The summed E-state index contributed by atoms with van der Waals surface area (Å²) >= 11 is 6.20. The lowest BCUT2D eigenvalue weighted by molar-refractivity contribution is 0.304. The van der Waals surface area contributed by atoms with Crippen LogP contribution in [0.15, 0.2) is 52.2 Å². The summed E-state index contributed by atoms with van der Waals surface area (Å²) < 4.78 is 38.5. The third-order valence-corrected chi connectivity index (χ3v) is 7.31. The van der Waals surface area contributed by atoms with Crippen molar-refractivity contribution in [1.82, 2.24) is 9.78 Å². The molecule has 1 aliphatic rings. The second-order valence-corrected chi connectivity index (χ2v) is 10.3. The summed E-state index contributed by atoms with van der Waals surface area (Å²) in [5, 5.41) is 5.00. The number of fused-ring (bicyclic) bond motifs is 4. The fraction of sp³-hybridized carbons (Fsp3) is 0.304. The predicted molar refractivity (Wildman–Crippen MR) is 123 cm³/mol. The fourth-order valence-electron chi connectivity index (χ4n) is 3.52. The van der Waals surface area contributed by atoms with E-state index in [9.17, 15) is 13.2 Å². The molecule has 32 heavy (non-hydrogen) atoms. The Kier molecular flexibility index (Phi) is 6.26. The molecule has 7 nitrogen and oxygen atoms in total. The van der Waals surface area contributed by atoms with Crippen LogP contribution in [0.4, 0.5) is 0 Å². The molecular formula is C23H23ClN2O5S. The van der Waals surface area contributed by atoms with Gasteiger partial charge in [0.05, 0.1) is 17.3 Å². The average Bonchev–Trinajstić information content (AvgIpc) is 2.76. The standard InChI is InChI=1S/C23H23ClN2O5S/c1-3-32(28,29)17-8-10-20-18(13-17)23-21(14-22(27)26(2)25-23)30-11-5-4-6-15-12-16(24)7-9-19(15)31-20/h7-10,12-14H,3-6,11H2,1-2H3. The van der Waals surface area contributed by atoms with Crippen LogP contribution in [0.3, 0.4) is 0 Å². The molecule has 1 aromatic heterocycles. The Morgan fingerprint density at radius 3 is 2.62 bits per heavy atom. The lowest BCUT2D eigenvalue weighted by atomic mass is 10.1. The predicted octanol–water partition coefficient (Wildman–Crippen LogP) is 4.40. The maximum Gasteiger partial charge on any atom is 0.270 e. The first-order chi connectivity index (χ1) is 15.3. The third kappa shape index (κ3) is 4.52. The molecule has 0 saturated heterocycles. The minimum atomic E-state index is -3.48. The quantitative estimate of drug-likeness (QED) is 0.547. The Morgan fingerprint density at radius 1 is 1.06 bits per heavy atom. The number of halogens is 1. The van der Waals surface area contributed by atoms with Crippen LogP contribution in [0.1, 0.15) is 25.3 Å². The summed E-state index contributed by atoms with van der Waals surface area (Å²) in [6, 6.07) is 11.4. The Balaban J connectivity index is 1.98. The molecule has 0 unspecified atom stereocenters. The van der Waals surface area contributed by atoms with Crippen LogP contribution in [0.2, 0.25) is 5.02 Å². The molecule has 3 aromatic rings. The Labute approximate surface area is 191 Å². The maximum atomic E-state index is 12.6. The number of nitrogens with zero attached hydrogens (tertiary/aromatic N) is 2. The summed E-state index contributed by atoms with van der Waals surface area (Å²) in [5.41, 5.74) is 1.39. The van der Waals surface area contributed by atoms with Gasteiger partial charge in [-0.2, -0.15) is 5.10 Å². The van der Waals surface area contributed by atoms with E-state index in [4.69, 9.17) is 21.1 Å². The number of rotatable bonds is 2. The molecule has 1 aliphatic heterocycles. The van der Waals surface area contributed by atoms with Crippen molar-refractivity contribution < 1.29 is 17.9 Å². The van der Waals surface area contributed by atoms with Gasteiger partial charge in [-0.15, -0.1) is 0 Å². The molecule has 2 heterocycles. The first-order valence-corrected chi connectivity index (χ1v) is 12.4. The molecule has 4 rings (SSSR count). The summed E-state index contributed by atoms with van der Waals surface area (Å²) in [7, 11) is -1.95. The van der Waals surface area contributed by atoms with Crippen LogP contribution in [0, 0.1) is 0 Å². The SMILES string of the molecule is CCS(=O)(=O)c1ccc2c(c1)-c1nn(C)c(=O)cc1OCCCCc1cc(Cl)ccc1O2. The van der Waals surface area contributed by atoms with Gasteiger partial charge in [0.25, 0.3) is 5.56 Å². The number of aryl methyl sites for hydroxylation is 2. The van der Waals surface area contributed by atoms with Crippen molar-refractivity contribution in [2.75, 3.05) is 12.4 Å². The van der Waals surface area contributed by atoms with E-state index in [1.54, 1.807) is 25.1 Å². The van der Waals surface area contributed by atoms with Gasteiger partial charge in [-0.25, -0.2) is 13.1 Å². The molecule has 0 fully saturated rings. The number of hydrogen-bond donors (Lipinski definition) is 0. The second-order valence-electron chi connectivity index (χ2n) is 7.54. The van der Waals surface area contributed by atoms with Crippen LogP contribution in [0.5, 0.6) is 17.2 Å². The number of hydrogen-bond acceptors (Lipinski definition) is 6. The van der Waals surface area contributed by atoms with Crippen molar-refractivity contribution in [3.8, 4) is 28.5 Å². The van der Waals surface area contributed by atoms with E-state index in [-0.39, 0.29) is 16.2 Å². The van der Waals surface area contributed by atoms with Gasteiger partial charge in [0.1, 0.15) is 17.2 Å². The molecule has 0 radical (unpaired) electrons. The minimum absolute atomic E-state index is 0.0436. The Bertz CT molecular complexity index is 1330. The molecule has 0 N–H and O–H groups in total. The number of sulfone groups is 1. The topological polar surface area (TPSA) is 87.5 Å². The lowest BCUT2D eigenvalue weighted by Gasteiger charge is -2.19. The molecule has 0 amide bonds. The average molecular weight is 475 g/mol. The smallest absolute Gasteiger partial charge is 0.270 e. The van der Waals surface area contributed by atoms with E-state index >= 15 is 0 Å².